The second kappa shape index (κ2) is 5.14. The maximum absolute atomic E-state index is 4.48. The fraction of sp³-hybridized carbons (Fsp3) is 0.667. The van der Waals surface area contributed by atoms with E-state index in [1.807, 2.05) is 13.1 Å². The van der Waals surface area contributed by atoms with Gasteiger partial charge in [-0.3, -0.25) is 0 Å². The number of aromatic nitrogens is 2. The largest absolute Gasteiger partial charge is 0.369 e. The molecule has 4 heteroatoms. The fourth-order valence-corrected chi connectivity index (χ4v) is 1.51. The highest BCUT2D eigenvalue weighted by Crippen LogP contribution is 2.29. The molecule has 0 unspecified atom stereocenters. The summed E-state index contributed by atoms with van der Waals surface area (Å²) >= 11 is 0. The number of nitrogens with one attached hydrogen (secondary N) is 2. The van der Waals surface area contributed by atoms with Gasteiger partial charge in [0.25, 0.3) is 0 Å². The van der Waals surface area contributed by atoms with Crippen LogP contribution in [0.25, 0.3) is 0 Å². The third kappa shape index (κ3) is 3.08. The molecule has 0 bridgehead atoms. The van der Waals surface area contributed by atoms with Crippen LogP contribution in [0, 0.1) is 12.8 Å². The smallest absolute Gasteiger partial charge is 0.224 e. The summed E-state index contributed by atoms with van der Waals surface area (Å²) in [5, 5.41) is 6.60. The molecule has 1 aromatic rings. The van der Waals surface area contributed by atoms with Crippen molar-refractivity contribution in [2.45, 2.75) is 33.1 Å². The second-order valence-corrected chi connectivity index (χ2v) is 4.48. The molecule has 0 amide bonds. The number of hydrogen-bond donors (Lipinski definition) is 2. The van der Waals surface area contributed by atoms with E-state index >= 15 is 0 Å². The van der Waals surface area contributed by atoms with E-state index in [2.05, 4.69) is 27.5 Å². The summed E-state index contributed by atoms with van der Waals surface area (Å²) < 4.78 is 0. The average molecular weight is 220 g/mol. The van der Waals surface area contributed by atoms with Crippen molar-refractivity contribution >= 4 is 11.8 Å². The van der Waals surface area contributed by atoms with Gasteiger partial charge in [0.2, 0.25) is 5.95 Å². The summed E-state index contributed by atoms with van der Waals surface area (Å²) in [4.78, 5) is 8.73. The predicted octanol–water partition coefficient (Wildman–Crippen LogP) is 2.43. The Labute approximate surface area is 96.9 Å². The Kier molecular flexibility index (Phi) is 3.59. The monoisotopic (exact) mass is 220 g/mol. The molecule has 16 heavy (non-hydrogen) atoms. The number of aryl methyl sites for hydroxylation is 1. The highest BCUT2D eigenvalue weighted by atomic mass is 15.1. The van der Waals surface area contributed by atoms with Gasteiger partial charge in [-0.25, -0.2) is 4.98 Å². The van der Waals surface area contributed by atoms with Gasteiger partial charge in [-0.15, -0.1) is 0 Å². The van der Waals surface area contributed by atoms with Crippen molar-refractivity contribution in [2.24, 2.45) is 5.92 Å². The van der Waals surface area contributed by atoms with Gasteiger partial charge in [0, 0.05) is 24.8 Å². The zero-order valence-corrected chi connectivity index (χ0v) is 10.1. The first-order valence-corrected chi connectivity index (χ1v) is 6.11. The van der Waals surface area contributed by atoms with Gasteiger partial charge in [0.05, 0.1) is 0 Å². The molecule has 88 valence electrons. The van der Waals surface area contributed by atoms with E-state index in [4.69, 9.17) is 0 Å². The van der Waals surface area contributed by atoms with Crippen molar-refractivity contribution in [2.75, 3.05) is 23.7 Å². The molecule has 2 rings (SSSR count). The van der Waals surface area contributed by atoms with E-state index in [1.165, 1.54) is 12.8 Å². The molecule has 1 heterocycles. The Bertz CT molecular complexity index is 347. The molecule has 1 aliphatic rings. The van der Waals surface area contributed by atoms with E-state index in [0.717, 1.165) is 42.8 Å². The van der Waals surface area contributed by atoms with Gasteiger partial charge in [-0.2, -0.15) is 4.98 Å². The maximum Gasteiger partial charge on any atom is 0.224 e. The molecule has 4 nitrogen and oxygen atoms in total. The summed E-state index contributed by atoms with van der Waals surface area (Å²) in [7, 11) is 0. The van der Waals surface area contributed by atoms with E-state index in [1.54, 1.807) is 0 Å². The molecular formula is C12H20N4. The van der Waals surface area contributed by atoms with Crippen LogP contribution in [-0.4, -0.2) is 23.1 Å². The summed E-state index contributed by atoms with van der Waals surface area (Å²) in [6, 6.07) is 0. The van der Waals surface area contributed by atoms with Gasteiger partial charge in [-0.05, 0) is 32.1 Å². The lowest BCUT2D eigenvalue weighted by molar-refractivity contribution is 0.876. The van der Waals surface area contributed by atoms with Crippen molar-refractivity contribution in [1.29, 1.82) is 0 Å². The van der Waals surface area contributed by atoms with E-state index in [0.29, 0.717) is 0 Å². The first-order valence-electron chi connectivity index (χ1n) is 6.11. The molecular weight excluding hydrogens is 200 g/mol. The van der Waals surface area contributed by atoms with Crippen molar-refractivity contribution in [3.8, 4) is 0 Å². The Morgan fingerprint density at radius 3 is 2.88 bits per heavy atom. The van der Waals surface area contributed by atoms with E-state index < -0.39 is 0 Å². The molecule has 0 aliphatic heterocycles. The average Bonchev–Trinajstić information content (AvgIpc) is 3.10. The lowest BCUT2D eigenvalue weighted by Crippen LogP contribution is -2.10. The Hall–Kier alpha value is -1.32. The first-order chi connectivity index (χ1) is 7.79. The van der Waals surface area contributed by atoms with Gasteiger partial charge in [-0.1, -0.05) is 6.92 Å². The molecule has 0 aromatic carbocycles. The lowest BCUT2D eigenvalue weighted by Gasteiger charge is -2.09. The molecule has 0 spiro atoms. The van der Waals surface area contributed by atoms with Gasteiger partial charge < -0.3 is 10.6 Å². The minimum atomic E-state index is 0.728. The van der Waals surface area contributed by atoms with Crippen LogP contribution in [0.4, 0.5) is 11.8 Å². The maximum atomic E-state index is 4.48. The van der Waals surface area contributed by atoms with Crippen LogP contribution in [0.15, 0.2) is 6.20 Å². The fourth-order valence-electron chi connectivity index (χ4n) is 1.51. The van der Waals surface area contributed by atoms with Crippen LogP contribution in [0.1, 0.15) is 31.7 Å². The van der Waals surface area contributed by atoms with Crippen LogP contribution in [0.3, 0.4) is 0 Å². The molecule has 0 atom stereocenters. The highest BCUT2D eigenvalue weighted by molar-refractivity contribution is 5.46. The predicted molar refractivity (Wildman–Crippen MR) is 66.8 cm³/mol. The van der Waals surface area contributed by atoms with Gasteiger partial charge in [0.1, 0.15) is 5.82 Å². The molecule has 2 N–H and O–H groups in total. The van der Waals surface area contributed by atoms with Crippen molar-refractivity contribution < 1.29 is 0 Å². The Balaban J connectivity index is 1.96. The van der Waals surface area contributed by atoms with Crippen LogP contribution >= 0.6 is 0 Å². The van der Waals surface area contributed by atoms with Crippen LogP contribution < -0.4 is 10.6 Å². The second-order valence-electron chi connectivity index (χ2n) is 4.48. The summed E-state index contributed by atoms with van der Waals surface area (Å²) in [6.07, 6.45) is 5.68. The molecule has 0 radical (unpaired) electrons. The van der Waals surface area contributed by atoms with Crippen molar-refractivity contribution in [3.05, 3.63) is 11.8 Å². The standard InChI is InChI=1S/C12H20N4/c1-3-6-13-12-15-7-9(2)11(16-12)14-8-10-4-5-10/h7,10H,3-6,8H2,1-2H3,(H2,13,14,15,16). The topological polar surface area (TPSA) is 49.8 Å². The van der Waals surface area contributed by atoms with Crippen LogP contribution in [0.5, 0.6) is 0 Å². The summed E-state index contributed by atoms with van der Waals surface area (Å²) in [5.41, 5.74) is 1.11. The minimum Gasteiger partial charge on any atom is -0.369 e. The number of rotatable bonds is 6. The Morgan fingerprint density at radius 1 is 1.38 bits per heavy atom. The quantitative estimate of drug-likeness (QED) is 0.773. The highest BCUT2D eigenvalue weighted by Gasteiger charge is 2.21. The Morgan fingerprint density at radius 2 is 2.19 bits per heavy atom. The molecule has 1 aliphatic carbocycles. The normalized spacial score (nSPS) is 14.9. The summed E-state index contributed by atoms with van der Waals surface area (Å²) in [6.45, 7) is 6.14. The minimum absolute atomic E-state index is 0.728. The van der Waals surface area contributed by atoms with E-state index in [-0.39, 0.29) is 0 Å². The van der Waals surface area contributed by atoms with Crippen LogP contribution in [-0.2, 0) is 0 Å². The first kappa shape index (κ1) is 11.2. The number of anilines is 2. The molecule has 0 saturated heterocycles. The van der Waals surface area contributed by atoms with Gasteiger partial charge >= 0.3 is 0 Å². The van der Waals surface area contributed by atoms with Crippen molar-refractivity contribution in [1.82, 2.24) is 9.97 Å². The molecule has 1 aromatic heterocycles. The third-order valence-corrected chi connectivity index (χ3v) is 2.76. The molecule has 1 fully saturated rings. The van der Waals surface area contributed by atoms with Gasteiger partial charge in [0.15, 0.2) is 0 Å². The molecule has 1 saturated carbocycles. The van der Waals surface area contributed by atoms with Crippen LogP contribution in [0.2, 0.25) is 0 Å². The lowest BCUT2D eigenvalue weighted by atomic mass is 10.3. The summed E-state index contributed by atoms with van der Waals surface area (Å²) in [5.74, 6) is 2.56. The number of nitrogens with zero attached hydrogens (tertiary/aromatic N) is 2. The number of hydrogen-bond acceptors (Lipinski definition) is 4. The van der Waals surface area contributed by atoms with E-state index in [9.17, 15) is 0 Å². The zero-order chi connectivity index (χ0) is 11.4. The zero-order valence-electron chi connectivity index (χ0n) is 10.1. The SMILES string of the molecule is CCCNc1ncc(C)c(NCC2CC2)n1. The van der Waals surface area contributed by atoms with Crippen molar-refractivity contribution in [3.63, 3.8) is 0 Å². The third-order valence-electron chi connectivity index (χ3n) is 2.76.